The van der Waals surface area contributed by atoms with Gasteiger partial charge < -0.3 is 10.1 Å². The Labute approximate surface area is 204 Å². The van der Waals surface area contributed by atoms with Gasteiger partial charge in [0, 0.05) is 16.8 Å². The first-order chi connectivity index (χ1) is 17.1. The summed E-state index contributed by atoms with van der Waals surface area (Å²) in [5, 5.41) is 6.85. The lowest BCUT2D eigenvalue weighted by molar-refractivity contribution is 0.0954. The molecule has 0 aliphatic carbocycles. The van der Waals surface area contributed by atoms with Gasteiger partial charge in [-0.3, -0.25) is 9.59 Å². The first-order valence-corrected chi connectivity index (χ1v) is 11.1. The Balaban J connectivity index is 1.26. The zero-order valence-corrected chi connectivity index (χ0v) is 19.3. The Morgan fingerprint density at radius 1 is 0.800 bits per heavy atom. The number of nitrogens with one attached hydrogen (secondary N) is 2. The molecule has 4 aromatic rings. The first-order valence-electron chi connectivity index (χ1n) is 11.1. The van der Waals surface area contributed by atoms with Crippen molar-refractivity contribution in [3.05, 3.63) is 131 Å². The Hall–Kier alpha value is -4.71. The molecule has 0 aliphatic heterocycles. The van der Waals surface area contributed by atoms with E-state index in [1.165, 1.54) is 0 Å². The highest BCUT2D eigenvalue weighted by molar-refractivity contribution is 6.04. The van der Waals surface area contributed by atoms with Crippen LogP contribution in [-0.4, -0.2) is 18.0 Å². The third-order valence-corrected chi connectivity index (χ3v) is 5.19. The van der Waals surface area contributed by atoms with E-state index in [0.29, 0.717) is 23.4 Å². The molecular weight excluding hydrogens is 438 g/mol. The normalized spacial score (nSPS) is 10.7. The number of carbonyl (C=O) groups is 2. The summed E-state index contributed by atoms with van der Waals surface area (Å²) in [6, 6.07) is 31.4. The fourth-order valence-electron chi connectivity index (χ4n) is 3.32. The molecule has 0 aliphatic rings. The van der Waals surface area contributed by atoms with Crippen molar-refractivity contribution in [2.45, 2.75) is 13.5 Å². The molecular formula is C29H25N3O3. The van der Waals surface area contributed by atoms with E-state index >= 15 is 0 Å². The van der Waals surface area contributed by atoms with Gasteiger partial charge in [-0.1, -0.05) is 48.0 Å². The largest absolute Gasteiger partial charge is 0.489 e. The number of carbonyl (C=O) groups excluding carboxylic acids is 2. The van der Waals surface area contributed by atoms with Gasteiger partial charge in [0.15, 0.2) is 0 Å². The van der Waals surface area contributed by atoms with Gasteiger partial charge in [-0.25, -0.2) is 5.43 Å². The van der Waals surface area contributed by atoms with Crippen molar-refractivity contribution in [3.63, 3.8) is 0 Å². The maximum Gasteiger partial charge on any atom is 0.271 e. The van der Waals surface area contributed by atoms with Crippen molar-refractivity contribution in [2.75, 3.05) is 5.32 Å². The molecule has 0 radical (unpaired) electrons. The van der Waals surface area contributed by atoms with Crippen LogP contribution in [0.5, 0.6) is 5.75 Å². The molecule has 35 heavy (non-hydrogen) atoms. The van der Waals surface area contributed by atoms with Gasteiger partial charge in [0.2, 0.25) is 0 Å². The Kier molecular flexibility index (Phi) is 7.66. The van der Waals surface area contributed by atoms with E-state index in [1.54, 1.807) is 36.5 Å². The molecule has 0 bridgehead atoms. The minimum absolute atomic E-state index is 0.202. The van der Waals surface area contributed by atoms with Crippen LogP contribution in [0.25, 0.3) is 0 Å². The third-order valence-electron chi connectivity index (χ3n) is 5.19. The second kappa shape index (κ2) is 11.4. The maximum atomic E-state index is 12.4. The average molecular weight is 464 g/mol. The highest BCUT2D eigenvalue weighted by Crippen LogP contribution is 2.14. The summed E-state index contributed by atoms with van der Waals surface area (Å²) in [7, 11) is 0. The minimum Gasteiger partial charge on any atom is -0.489 e. The van der Waals surface area contributed by atoms with Crippen LogP contribution in [0.3, 0.4) is 0 Å². The molecule has 0 spiro atoms. The van der Waals surface area contributed by atoms with Gasteiger partial charge in [-0.15, -0.1) is 0 Å². The molecule has 0 heterocycles. The summed E-state index contributed by atoms with van der Waals surface area (Å²) >= 11 is 0. The Morgan fingerprint density at radius 2 is 1.54 bits per heavy atom. The fraction of sp³-hybridized carbons (Fsp3) is 0.0690. The van der Waals surface area contributed by atoms with Crippen LogP contribution < -0.4 is 15.5 Å². The van der Waals surface area contributed by atoms with Gasteiger partial charge in [0.05, 0.1) is 6.21 Å². The van der Waals surface area contributed by atoms with Crippen molar-refractivity contribution < 1.29 is 14.3 Å². The summed E-state index contributed by atoms with van der Waals surface area (Å²) < 4.78 is 5.77. The van der Waals surface area contributed by atoms with Gasteiger partial charge in [-0.05, 0) is 78.7 Å². The van der Waals surface area contributed by atoms with Gasteiger partial charge >= 0.3 is 0 Å². The van der Waals surface area contributed by atoms with Crippen LogP contribution >= 0.6 is 0 Å². The molecule has 2 N–H and O–H groups in total. The molecule has 6 heteroatoms. The molecule has 6 nitrogen and oxygen atoms in total. The van der Waals surface area contributed by atoms with Crippen LogP contribution in [0, 0.1) is 6.92 Å². The van der Waals surface area contributed by atoms with Gasteiger partial charge in [0.25, 0.3) is 11.8 Å². The van der Waals surface area contributed by atoms with Crippen LogP contribution in [0.2, 0.25) is 0 Å². The van der Waals surface area contributed by atoms with Crippen molar-refractivity contribution in [2.24, 2.45) is 5.10 Å². The second-order valence-electron chi connectivity index (χ2n) is 7.94. The van der Waals surface area contributed by atoms with E-state index < -0.39 is 0 Å². The quantitative estimate of drug-likeness (QED) is 0.264. The first kappa shape index (κ1) is 23.4. The number of amides is 2. The predicted octanol–water partition coefficient (Wildman–Crippen LogP) is 5.59. The lowest BCUT2D eigenvalue weighted by Crippen LogP contribution is -2.17. The lowest BCUT2D eigenvalue weighted by Gasteiger charge is -2.07. The smallest absolute Gasteiger partial charge is 0.271 e. The van der Waals surface area contributed by atoms with Gasteiger partial charge in [0.1, 0.15) is 12.4 Å². The van der Waals surface area contributed by atoms with E-state index in [4.69, 9.17) is 4.74 Å². The number of nitrogens with zero attached hydrogens (tertiary/aromatic N) is 1. The van der Waals surface area contributed by atoms with Gasteiger partial charge in [-0.2, -0.15) is 5.10 Å². The molecule has 0 saturated heterocycles. The van der Waals surface area contributed by atoms with E-state index in [1.807, 2.05) is 79.7 Å². The lowest BCUT2D eigenvalue weighted by atomic mass is 10.1. The summed E-state index contributed by atoms with van der Waals surface area (Å²) in [5.74, 6) is 0.206. The Bertz CT molecular complexity index is 1320. The highest BCUT2D eigenvalue weighted by Gasteiger charge is 2.08. The van der Waals surface area contributed by atoms with E-state index in [-0.39, 0.29) is 11.8 Å². The molecule has 0 fully saturated rings. The molecule has 0 unspecified atom stereocenters. The third kappa shape index (κ3) is 6.88. The number of hydrogen-bond donors (Lipinski definition) is 2. The minimum atomic E-state index is -0.347. The monoisotopic (exact) mass is 463 g/mol. The fourth-order valence-corrected chi connectivity index (χ4v) is 3.32. The standard InChI is InChI=1S/C29H25N3O3/c1-21-6-5-9-25(18-21)28(33)31-26-14-12-24(13-15-26)29(34)32-30-19-22-10-16-27(17-11-22)35-20-23-7-3-2-4-8-23/h2-19H,20H2,1H3,(H,31,33)(H,32,34). The van der Waals surface area contributed by atoms with Crippen molar-refractivity contribution in [1.82, 2.24) is 5.43 Å². The summed E-state index contributed by atoms with van der Waals surface area (Å²) in [4.78, 5) is 24.7. The zero-order valence-electron chi connectivity index (χ0n) is 19.3. The predicted molar refractivity (Wildman–Crippen MR) is 138 cm³/mol. The van der Waals surface area contributed by atoms with Crippen LogP contribution in [0.15, 0.2) is 108 Å². The number of hydrazone groups is 1. The number of ether oxygens (including phenoxy) is 1. The molecule has 0 saturated carbocycles. The number of anilines is 1. The average Bonchev–Trinajstić information content (AvgIpc) is 2.89. The number of aryl methyl sites for hydroxylation is 1. The van der Waals surface area contributed by atoms with Crippen molar-refractivity contribution in [1.29, 1.82) is 0 Å². The van der Waals surface area contributed by atoms with Crippen LogP contribution in [-0.2, 0) is 6.61 Å². The number of hydrogen-bond acceptors (Lipinski definition) is 4. The van der Waals surface area contributed by atoms with Crippen LogP contribution in [0.1, 0.15) is 37.4 Å². The Morgan fingerprint density at radius 3 is 2.26 bits per heavy atom. The zero-order chi connectivity index (χ0) is 24.5. The SMILES string of the molecule is Cc1cccc(C(=O)Nc2ccc(C(=O)NN=Cc3ccc(OCc4ccccc4)cc3)cc2)c1. The maximum absolute atomic E-state index is 12.4. The highest BCUT2D eigenvalue weighted by atomic mass is 16.5. The molecule has 174 valence electrons. The summed E-state index contributed by atoms with van der Waals surface area (Å²) in [6.07, 6.45) is 1.56. The second-order valence-corrected chi connectivity index (χ2v) is 7.94. The molecule has 4 aromatic carbocycles. The summed E-state index contributed by atoms with van der Waals surface area (Å²) in [5.41, 5.74) is 7.06. The van der Waals surface area contributed by atoms with Crippen molar-refractivity contribution in [3.8, 4) is 5.75 Å². The van der Waals surface area contributed by atoms with E-state index in [0.717, 1.165) is 22.4 Å². The van der Waals surface area contributed by atoms with E-state index in [2.05, 4.69) is 15.8 Å². The topological polar surface area (TPSA) is 79.8 Å². The molecule has 0 atom stereocenters. The molecule has 4 rings (SSSR count). The molecule has 2 amide bonds. The number of rotatable bonds is 8. The number of benzene rings is 4. The molecule has 0 aromatic heterocycles. The van der Waals surface area contributed by atoms with E-state index in [9.17, 15) is 9.59 Å². The van der Waals surface area contributed by atoms with Crippen molar-refractivity contribution >= 4 is 23.7 Å². The summed E-state index contributed by atoms with van der Waals surface area (Å²) in [6.45, 7) is 2.43. The van der Waals surface area contributed by atoms with Crippen LogP contribution in [0.4, 0.5) is 5.69 Å².